The molecule has 0 atom stereocenters. The highest BCUT2D eigenvalue weighted by molar-refractivity contribution is 5.88. The van der Waals surface area contributed by atoms with Crippen molar-refractivity contribution < 1.29 is 4.79 Å². The number of carbonyl (C=O) groups is 1. The minimum absolute atomic E-state index is 0.282. The van der Waals surface area contributed by atoms with E-state index < -0.39 is 0 Å². The molecule has 0 radical (unpaired) electrons. The van der Waals surface area contributed by atoms with Gasteiger partial charge in [0.15, 0.2) is 0 Å². The molecule has 1 heterocycles. The number of amides is 1. The molecule has 0 aliphatic heterocycles. The number of carbonyl (C=O) groups excluding carboxylic acids is 1. The summed E-state index contributed by atoms with van der Waals surface area (Å²) in [4.78, 5) is 15.5. The predicted octanol–water partition coefficient (Wildman–Crippen LogP) is 2.58. The van der Waals surface area contributed by atoms with Crippen LogP contribution in [0, 0.1) is 20.8 Å². The second-order valence-electron chi connectivity index (χ2n) is 4.82. The first-order valence-corrected chi connectivity index (χ1v) is 6.14. The maximum Gasteiger partial charge on any atom is 0.217 e. The van der Waals surface area contributed by atoms with Crippen molar-refractivity contribution in [1.82, 2.24) is 4.98 Å². The number of aromatic nitrogens is 1. The average Bonchev–Trinajstić information content (AvgIpc) is 2.31. The van der Waals surface area contributed by atoms with E-state index in [1.165, 1.54) is 22.1 Å². The summed E-state index contributed by atoms with van der Waals surface area (Å²) < 4.78 is 0. The Morgan fingerprint density at radius 3 is 2.50 bits per heavy atom. The van der Waals surface area contributed by atoms with Crippen LogP contribution < -0.4 is 5.73 Å². The molecule has 0 aliphatic rings. The highest BCUT2D eigenvalue weighted by Gasteiger charge is 2.08. The molecule has 0 bridgehead atoms. The van der Waals surface area contributed by atoms with E-state index in [1.54, 1.807) is 0 Å². The molecule has 3 heteroatoms. The molecule has 0 fully saturated rings. The van der Waals surface area contributed by atoms with Gasteiger partial charge < -0.3 is 5.73 Å². The number of nitrogens with zero attached hydrogens (tertiary/aromatic N) is 1. The third kappa shape index (κ3) is 2.35. The quantitative estimate of drug-likeness (QED) is 0.899. The first-order valence-electron chi connectivity index (χ1n) is 6.14. The van der Waals surface area contributed by atoms with Gasteiger partial charge in [0, 0.05) is 17.5 Å². The van der Waals surface area contributed by atoms with E-state index in [0.717, 1.165) is 11.2 Å². The lowest BCUT2D eigenvalue weighted by molar-refractivity contribution is -0.118. The van der Waals surface area contributed by atoms with Gasteiger partial charge in [-0.1, -0.05) is 12.1 Å². The summed E-state index contributed by atoms with van der Waals surface area (Å²) in [5, 5.41) is 1.22. The fourth-order valence-electron chi connectivity index (χ4n) is 2.32. The van der Waals surface area contributed by atoms with Crippen LogP contribution in [0.2, 0.25) is 0 Å². The van der Waals surface area contributed by atoms with Gasteiger partial charge in [0.2, 0.25) is 5.91 Å². The Bertz CT molecular complexity index is 617. The molecule has 0 aliphatic carbocycles. The fraction of sp³-hybridized carbons (Fsp3) is 0.333. The summed E-state index contributed by atoms with van der Waals surface area (Å²) in [6.07, 6.45) is 0.961. The van der Waals surface area contributed by atoms with Crippen LogP contribution in [0.4, 0.5) is 0 Å². The molecule has 18 heavy (non-hydrogen) atoms. The topological polar surface area (TPSA) is 56.0 Å². The van der Waals surface area contributed by atoms with Crippen molar-refractivity contribution in [2.24, 2.45) is 5.73 Å². The van der Waals surface area contributed by atoms with Gasteiger partial charge in [-0.3, -0.25) is 9.78 Å². The van der Waals surface area contributed by atoms with Crippen molar-refractivity contribution in [3.8, 4) is 0 Å². The molecule has 0 saturated carbocycles. The number of fused-ring (bicyclic) bond motifs is 1. The van der Waals surface area contributed by atoms with Crippen LogP contribution in [0.15, 0.2) is 18.2 Å². The summed E-state index contributed by atoms with van der Waals surface area (Å²) in [5.41, 5.74) is 10.8. The number of benzene rings is 1. The van der Waals surface area contributed by atoms with Gasteiger partial charge in [-0.2, -0.15) is 0 Å². The molecule has 0 spiro atoms. The SMILES string of the molecule is Cc1ccc(C)c2c(C)cc(CCC(N)=O)nc12. The molecule has 0 unspecified atom stereocenters. The first-order chi connectivity index (χ1) is 8.49. The monoisotopic (exact) mass is 242 g/mol. The lowest BCUT2D eigenvalue weighted by atomic mass is 10.00. The Balaban J connectivity index is 2.54. The van der Waals surface area contributed by atoms with E-state index in [1.807, 2.05) is 0 Å². The number of pyridine rings is 1. The zero-order valence-corrected chi connectivity index (χ0v) is 11.1. The summed E-state index contributed by atoms with van der Waals surface area (Å²) in [6.45, 7) is 6.25. The van der Waals surface area contributed by atoms with Crippen molar-refractivity contribution >= 4 is 16.8 Å². The second kappa shape index (κ2) is 4.77. The van der Waals surface area contributed by atoms with E-state index in [-0.39, 0.29) is 5.91 Å². The van der Waals surface area contributed by atoms with Gasteiger partial charge in [-0.05, 0) is 49.9 Å². The Hall–Kier alpha value is -1.90. The average molecular weight is 242 g/mol. The van der Waals surface area contributed by atoms with Crippen LogP contribution in [0.1, 0.15) is 28.8 Å². The maximum atomic E-state index is 10.8. The number of nitrogens with two attached hydrogens (primary N) is 1. The Morgan fingerprint density at radius 1 is 1.17 bits per heavy atom. The molecular weight excluding hydrogens is 224 g/mol. The standard InChI is InChI=1S/C15H18N2O/c1-9-4-5-10(2)15-14(9)11(3)8-12(17-15)6-7-13(16)18/h4-5,8H,6-7H2,1-3H3,(H2,16,18). The molecule has 3 nitrogen and oxygen atoms in total. The minimum atomic E-state index is -0.282. The molecule has 1 aromatic heterocycles. The second-order valence-corrected chi connectivity index (χ2v) is 4.82. The van der Waals surface area contributed by atoms with E-state index in [9.17, 15) is 4.79 Å². The largest absolute Gasteiger partial charge is 0.370 e. The van der Waals surface area contributed by atoms with E-state index in [2.05, 4.69) is 44.0 Å². The zero-order valence-electron chi connectivity index (χ0n) is 11.1. The van der Waals surface area contributed by atoms with E-state index in [4.69, 9.17) is 5.73 Å². The number of rotatable bonds is 3. The lowest BCUT2D eigenvalue weighted by Gasteiger charge is -2.10. The third-order valence-electron chi connectivity index (χ3n) is 3.25. The maximum absolute atomic E-state index is 10.8. The van der Waals surface area contributed by atoms with Gasteiger partial charge in [0.1, 0.15) is 0 Å². The minimum Gasteiger partial charge on any atom is -0.370 e. The normalized spacial score (nSPS) is 10.8. The van der Waals surface area contributed by atoms with E-state index in [0.29, 0.717) is 12.8 Å². The summed E-state index contributed by atoms with van der Waals surface area (Å²) in [6, 6.07) is 6.26. The number of aryl methyl sites for hydroxylation is 4. The Labute approximate surface area is 107 Å². The molecule has 1 amide bonds. The van der Waals surface area contributed by atoms with Gasteiger partial charge >= 0.3 is 0 Å². The lowest BCUT2D eigenvalue weighted by Crippen LogP contribution is -2.11. The molecule has 1 aromatic carbocycles. The predicted molar refractivity (Wildman–Crippen MR) is 73.5 cm³/mol. The van der Waals surface area contributed by atoms with Crippen LogP contribution in [0.3, 0.4) is 0 Å². The molecule has 2 rings (SSSR count). The number of primary amides is 1. The van der Waals surface area contributed by atoms with Gasteiger partial charge in [0.25, 0.3) is 0 Å². The smallest absolute Gasteiger partial charge is 0.217 e. The summed E-state index contributed by atoms with van der Waals surface area (Å²) in [5.74, 6) is -0.282. The third-order valence-corrected chi connectivity index (χ3v) is 3.25. The fourth-order valence-corrected chi connectivity index (χ4v) is 2.32. The van der Waals surface area contributed by atoms with Gasteiger partial charge in [-0.15, -0.1) is 0 Å². The van der Waals surface area contributed by atoms with Gasteiger partial charge in [0.05, 0.1) is 5.52 Å². The zero-order chi connectivity index (χ0) is 13.3. The van der Waals surface area contributed by atoms with Crippen molar-refractivity contribution in [2.45, 2.75) is 33.6 Å². The van der Waals surface area contributed by atoms with Crippen LogP contribution in [0.25, 0.3) is 10.9 Å². The molecule has 2 aromatic rings. The summed E-state index contributed by atoms with van der Waals surface area (Å²) in [7, 11) is 0. The molecule has 94 valence electrons. The number of hydrogen-bond donors (Lipinski definition) is 1. The van der Waals surface area contributed by atoms with Crippen molar-refractivity contribution in [2.75, 3.05) is 0 Å². The highest BCUT2D eigenvalue weighted by Crippen LogP contribution is 2.24. The Morgan fingerprint density at radius 2 is 1.83 bits per heavy atom. The van der Waals surface area contributed by atoms with Crippen molar-refractivity contribution in [1.29, 1.82) is 0 Å². The van der Waals surface area contributed by atoms with Crippen LogP contribution in [-0.4, -0.2) is 10.9 Å². The summed E-state index contributed by atoms with van der Waals surface area (Å²) >= 11 is 0. The molecular formula is C15H18N2O. The highest BCUT2D eigenvalue weighted by atomic mass is 16.1. The first kappa shape index (κ1) is 12.6. The molecule has 2 N–H and O–H groups in total. The van der Waals surface area contributed by atoms with E-state index >= 15 is 0 Å². The molecule has 0 saturated heterocycles. The van der Waals surface area contributed by atoms with Gasteiger partial charge in [-0.25, -0.2) is 0 Å². The number of hydrogen-bond acceptors (Lipinski definition) is 2. The van der Waals surface area contributed by atoms with Crippen LogP contribution in [0.5, 0.6) is 0 Å². The Kier molecular flexibility index (Phi) is 3.32. The van der Waals surface area contributed by atoms with Crippen LogP contribution in [-0.2, 0) is 11.2 Å². The van der Waals surface area contributed by atoms with Crippen molar-refractivity contribution in [3.63, 3.8) is 0 Å². The van der Waals surface area contributed by atoms with Crippen LogP contribution >= 0.6 is 0 Å². The van der Waals surface area contributed by atoms with Crippen molar-refractivity contribution in [3.05, 3.63) is 40.6 Å².